The monoisotopic (exact) mass is 378 g/mol. The molecule has 4 fully saturated rings. The highest BCUT2D eigenvalue weighted by Gasteiger charge is 2.63. The predicted molar refractivity (Wildman–Crippen MR) is 105 cm³/mol. The minimum absolute atomic E-state index is 0.0553. The lowest BCUT2D eigenvalue weighted by Crippen LogP contribution is -2.38. The van der Waals surface area contributed by atoms with E-state index in [1.807, 2.05) is 27.7 Å². The van der Waals surface area contributed by atoms with E-state index in [-0.39, 0.29) is 29.6 Å². The zero-order valence-corrected chi connectivity index (χ0v) is 18.0. The van der Waals surface area contributed by atoms with E-state index in [4.69, 9.17) is 9.47 Å². The summed E-state index contributed by atoms with van der Waals surface area (Å²) < 4.78 is 10.7. The maximum atomic E-state index is 12.0. The summed E-state index contributed by atoms with van der Waals surface area (Å²) >= 11 is 0. The Bertz CT molecular complexity index is 563. The molecule has 0 aromatic carbocycles. The van der Waals surface area contributed by atoms with Crippen LogP contribution in [0.2, 0.25) is 0 Å². The Morgan fingerprint density at radius 3 is 2.15 bits per heavy atom. The molecule has 4 aliphatic rings. The predicted octanol–water partition coefficient (Wildman–Crippen LogP) is 4.99. The van der Waals surface area contributed by atoms with Gasteiger partial charge in [0.2, 0.25) is 0 Å². The van der Waals surface area contributed by atoms with Crippen molar-refractivity contribution in [2.75, 3.05) is 0 Å². The normalized spacial score (nSPS) is 39.4. The van der Waals surface area contributed by atoms with Gasteiger partial charge >= 0.3 is 11.9 Å². The average molecular weight is 379 g/mol. The third kappa shape index (κ3) is 4.35. The standard InChI is InChI=1S/C17H26O2.C6H12O2/c1-3-9(2)17(18)19-14-8-12-7-13(14)16-11-5-4-10(6-11)15(12)16;1-5(7)8-6(2,3)4/h9-16H,3-8H2,1-2H3;1-4H3. The maximum absolute atomic E-state index is 12.0. The topological polar surface area (TPSA) is 52.6 Å². The van der Waals surface area contributed by atoms with Crippen molar-refractivity contribution < 1.29 is 19.1 Å². The van der Waals surface area contributed by atoms with Gasteiger partial charge in [-0.1, -0.05) is 13.8 Å². The van der Waals surface area contributed by atoms with Crippen molar-refractivity contribution in [2.24, 2.45) is 41.4 Å². The first-order valence-electron chi connectivity index (χ1n) is 11.0. The molecule has 4 aliphatic carbocycles. The van der Waals surface area contributed by atoms with E-state index in [0.717, 1.165) is 41.9 Å². The van der Waals surface area contributed by atoms with E-state index < -0.39 is 0 Å². The largest absolute Gasteiger partial charge is 0.462 e. The van der Waals surface area contributed by atoms with Crippen molar-refractivity contribution in [2.45, 2.75) is 91.8 Å². The van der Waals surface area contributed by atoms with Crippen molar-refractivity contribution in [1.29, 1.82) is 0 Å². The van der Waals surface area contributed by atoms with Gasteiger partial charge in [0.25, 0.3) is 0 Å². The molecule has 0 aromatic heterocycles. The van der Waals surface area contributed by atoms with Crippen molar-refractivity contribution in [3.8, 4) is 0 Å². The summed E-state index contributed by atoms with van der Waals surface area (Å²) in [6.07, 6.45) is 8.16. The van der Waals surface area contributed by atoms with Gasteiger partial charge in [0.15, 0.2) is 0 Å². The third-order valence-electron chi connectivity index (χ3n) is 7.41. The average Bonchev–Trinajstić information content (AvgIpc) is 3.30. The highest BCUT2D eigenvalue weighted by molar-refractivity contribution is 5.72. The van der Waals surface area contributed by atoms with Crippen LogP contribution in [0.1, 0.15) is 80.1 Å². The summed E-state index contributed by atoms with van der Waals surface area (Å²) in [5, 5.41) is 0. The van der Waals surface area contributed by atoms with Crippen LogP contribution in [0.5, 0.6) is 0 Å². The van der Waals surface area contributed by atoms with Gasteiger partial charge in [0, 0.05) is 6.92 Å². The lowest BCUT2D eigenvalue weighted by Gasteiger charge is -2.38. The summed E-state index contributed by atoms with van der Waals surface area (Å²) in [7, 11) is 0. The fraction of sp³-hybridized carbons (Fsp3) is 0.913. The minimum Gasteiger partial charge on any atom is -0.462 e. The SMILES string of the molecule is CC(=O)OC(C)(C)C.CCC(C)C(=O)OC1CC2CC1C1C3CCC(C3)C21. The Kier molecular flexibility index (Phi) is 5.93. The summed E-state index contributed by atoms with van der Waals surface area (Å²) in [5.74, 6) is 5.48. The first-order valence-corrected chi connectivity index (χ1v) is 11.0. The van der Waals surface area contributed by atoms with Gasteiger partial charge in [-0.2, -0.15) is 0 Å². The molecule has 4 saturated carbocycles. The second-order valence-corrected chi connectivity index (χ2v) is 10.4. The lowest BCUT2D eigenvalue weighted by molar-refractivity contribution is -0.158. The van der Waals surface area contributed by atoms with Crippen LogP contribution in [-0.2, 0) is 19.1 Å². The van der Waals surface area contributed by atoms with Crippen molar-refractivity contribution in [1.82, 2.24) is 0 Å². The first kappa shape index (κ1) is 20.7. The van der Waals surface area contributed by atoms with Crippen LogP contribution in [0.3, 0.4) is 0 Å². The van der Waals surface area contributed by atoms with Crippen LogP contribution in [0.4, 0.5) is 0 Å². The lowest BCUT2D eigenvalue weighted by atomic mass is 9.70. The molecular weight excluding hydrogens is 340 g/mol. The number of ether oxygens (including phenoxy) is 2. The molecule has 0 radical (unpaired) electrons. The van der Waals surface area contributed by atoms with E-state index in [1.54, 1.807) is 0 Å². The number of hydrogen-bond donors (Lipinski definition) is 0. The molecule has 4 bridgehead atoms. The zero-order valence-electron chi connectivity index (χ0n) is 18.0. The Labute approximate surface area is 164 Å². The van der Waals surface area contributed by atoms with Crippen LogP contribution < -0.4 is 0 Å². The smallest absolute Gasteiger partial charge is 0.308 e. The maximum Gasteiger partial charge on any atom is 0.308 e. The summed E-state index contributed by atoms with van der Waals surface area (Å²) in [5.41, 5.74) is -0.328. The Morgan fingerprint density at radius 1 is 1.00 bits per heavy atom. The molecule has 0 aliphatic heterocycles. The Morgan fingerprint density at radius 2 is 1.63 bits per heavy atom. The molecule has 0 spiro atoms. The molecule has 4 rings (SSSR count). The van der Waals surface area contributed by atoms with Crippen LogP contribution in [0.15, 0.2) is 0 Å². The molecule has 0 heterocycles. The highest BCUT2D eigenvalue weighted by Crippen LogP contribution is 2.67. The number of carbonyl (C=O) groups excluding carboxylic acids is 2. The second kappa shape index (κ2) is 7.75. The molecule has 8 atom stereocenters. The van der Waals surface area contributed by atoms with E-state index in [9.17, 15) is 9.59 Å². The van der Waals surface area contributed by atoms with Crippen LogP contribution in [0, 0.1) is 41.4 Å². The second-order valence-electron chi connectivity index (χ2n) is 10.4. The minimum atomic E-state index is -0.328. The molecule has 0 saturated heterocycles. The van der Waals surface area contributed by atoms with Gasteiger partial charge in [-0.15, -0.1) is 0 Å². The quantitative estimate of drug-likeness (QED) is 0.512. The van der Waals surface area contributed by atoms with Gasteiger partial charge in [-0.3, -0.25) is 9.59 Å². The number of rotatable bonds is 3. The Balaban J connectivity index is 0.000000226. The fourth-order valence-electron chi connectivity index (χ4n) is 6.50. The molecule has 4 heteroatoms. The molecule has 27 heavy (non-hydrogen) atoms. The van der Waals surface area contributed by atoms with Crippen molar-refractivity contribution in [3.63, 3.8) is 0 Å². The number of carbonyl (C=O) groups is 2. The summed E-state index contributed by atoms with van der Waals surface area (Å²) in [6.45, 7) is 11.0. The Hall–Kier alpha value is -1.06. The van der Waals surface area contributed by atoms with Gasteiger partial charge in [-0.25, -0.2) is 0 Å². The first-order chi connectivity index (χ1) is 12.6. The summed E-state index contributed by atoms with van der Waals surface area (Å²) in [6, 6.07) is 0. The number of hydrogen-bond acceptors (Lipinski definition) is 4. The molecule has 0 amide bonds. The molecule has 4 nitrogen and oxygen atoms in total. The van der Waals surface area contributed by atoms with E-state index >= 15 is 0 Å². The molecular formula is C23H38O4. The van der Waals surface area contributed by atoms with E-state index in [2.05, 4.69) is 6.92 Å². The van der Waals surface area contributed by atoms with Crippen LogP contribution in [0.25, 0.3) is 0 Å². The van der Waals surface area contributed by atoms with Gasteiger partial charge in [0.05, 0.1) is 5.92 Å². The van der Waals surface area contributed by atoms with Crippen LogP contribution >= 0.6 is 0 Å². The third-order valence-corrected chi connectivity index (χ3v) is 7.41. The summed E-state index contributed by atoms with van der Waals surface area (Å²) in [4.78, 5) is 22.3. The van der Waals surface area contributed by atoms with E-state index in [1.165, 1.54) is 39.0 Å². The van der Waals surface area contributed by atoms with Gasteiger partial charge in [0.1, 0.15) is 11.7 Å². The number of esters is 2. The van der Waals surface area contributed by atoms with Crippen LogP contribution in [-0.4, -0.2) is 23.6 Å². The molecule has 0 N–H and O–H groups in total. The van der Waals surface area contributed by atoms with Crippen molar-refractivity contribution in [3.05, 3.63) is 0 Å². The fourth-order valence-corrected chi connectivity index (χ4v) is 6.50. The number of fused-ring (bicyclic) bond motifs is 9. The van der Waals surface area contributed by atoms with Gasteiger partial charge < -0.3 is 9.47 Å². The molecule has 0 aromatic rings. The van der Waals surface area contributed by atoms with Gasteiger partial charge in [-0.05, 0) is 94.8 Å². The highest BCUT2D eigenvalue weighted by atomic mass is 16.6. The zero-order chi connectivity index (χ0) is 19.9. The van der Waals surface area contributed by atoms with Crippen molar-refractivity contribution >= 4 is 11.9 Å². The van der Waals surface area contributed by atoms with E-state index in [0.29, 0.717) is 0 Å². The molecule has 8 unspecified atom stereocenters. The molecule has 154 valence electrons.